The van der Waals surface area contributed by atoms with Crippen molar-refractivity contribution in [2.75, 3.05) is 18.0 Å². The monoisotopic (exact) mass is 292 g/mol. The summed E-state index contributed by atoms with van der Waals surface area (Å²) in [6, 6.07) is 4.39. The maximum absolute atomic E-state index is 11.1. The predicted octanol–water partition coefficient (Wildman–Crippen LogP) is 3.31. The van der Waals surface area contributed by atoms with Gasteiger partial charge in [-0.2, -0.15) is 0 Å². The van der Waals surface area contributed by atoms with Gasteiger partial charge in [0.25, 0.3) is 5.69 Å². The minimum absolute atomic E-state index is 0.259. The van der Waals surface area contributed by atoms with E-state index in [0.717, 1.165) is 38.0 Å². The van der Waals surface area contributed by atoms with Crippen molar-refractivity contribution in [3.8, 4) is 0 Å². The maximum Gasteiger partial charge on any atom is 0.342 e. The zero-order valence-corrected chi connectivity index (χ0v) is 12.1. The summed E-state index contributed by atoms with van der Waals surface area (Å²) in [7, 11) is 0. The lowest BCUT2D eigenvalue weighted by Crippen LogP contribution is -2.24. The van der Waals surface area contributed by atoms with E-state index in [1.54, 1.807) is 6.07 Å². The molecule has 1 aliphatic heterocycles. The van der Waals surface area contributed by atoms with E-state index >= 15 is 0 Å². The Morgan fingerprint density at radius 2 is 2.19 bits per heavy atom. The molecular formula is C15H20N2O4. The second-order valence-electron chi connectivity index (χ2n) is 5.46. The van der Waals surface area contributed by atoms with Gasteiger partial charge in [0, 0.05) is 24.8 Å². The van der Waals surface area contributed by atoms with Crippen molar-refractivity contribution < 1.29 is 14.8 Å². The summed E-state index contributed by atoms with van der Waals surface area (Å²) in [6.45, 7) is 3.91. The number of carbonyl (C=O) groups is 1. The number of aromatic carboxylic acids is 1. The number of benzene rings is 1. The highest BCUT2D eigenvalue weighted by atomic mass is 16.6. The molecule has 1 heterocycles. The van der Waals surface area contributed by atoms with Gasteiger partial charge in [0.15, 0.2) is 0 Å². The highest BCUT2D eigenvalue weighted by Crippen LogP contribution is 2.29. The van der Waals surface area contributed by atoms with Crippen LogP contribution in [-0.4, -0.2) is 29.1 Å². The molecule has 6 nitrogen and oxygen atoms in total. The molecule has 1 aromatic carbocycles. The van der Waals surface area contributed by atoms with E-state index in [0.29, 0.717) is 5.92 Å². The van der Waals surface area contributed by atoms with Gasteiger partial charge in [0.2, 0.25) is 0 Å². The standard InChI is InChI=1S/C15H20N2O4/c1-2-11-4-3-8-16(9-7-11)12-5-6-13(15(18)19)14(10-12)17(20)21/h5-6,10-11H,2-4,7-9H2,1H3,(H,18,19). The van der Waals surface area contributed by atoms with E-state index in [4.69, 9.17) is 5.11 Å². The quantitative estimate of drug-likeness (QED) is 0.680. The summed E-state index contributed by atoms with van der Waals surface area (Å²) >= 11 is 0. The van der Waals surface area contributed by atoms with Crippen LogP contribution in [-0.2, 0) is 0 Å². The van der Waals surface area contributed by atoms with E-state index in [1.165, 1.54) is 18.6 Å². The van der Waals surface area contributed by atoms with E-state index in [2.05, 4.69) is 11.8 Å². The molecule has 0 radical (unpaired) electrons. The van der Waals surface area contributed by atoms with E-state index < -0.39 is 10.9 Å². The van der Waals surface area contributed by atoms with Crippen LogP contribution in [0.5, 0.6) is 0 Å². The average Bonchev–Trinajstić information content (AvgIpc) is 2.71. The molecule has 1 saturated heterocycles. The molecule has 6 heteroatoms. The van der Waals surface area contributed by atoms with E-state index in [-0.39, 0.29) is 11.3 Å². The highest BCUT2D eigenvalue weighted by Gasteiger charge is 2.23. The molecule has 114 valence electrons. The van der Waals surface area contributed by atoms with Gasteiger partial charge in [-0.15, -0.1) is 0 Å². The molecule has 1 aliphatic rings. The number of anilines is 1. The van der Waals surface area contributed by atoms with Crippen LogP contribution in [0.2, 0.25) is 0 Å². The molecule has 0 spiro atoms. The Balaban J connectivity index is 2.26. The van der Waals surface area contributed by atoms with Crippen LogP contribution in [0.4, 0.5) is 11.4 Å². The van der Waals surface area contributed by atoms with Crippen molar-refractivity contribution in [1.82, 2.24) is 0 Å². The fourth-order valence-electron chi connectivity index (χ4n) is 2.88. The topological polar surface area (TPSA) is 83.7 Å². The molecule has 1 fully saturated rings. The fourth-order valence-corrected chi connectivity index (χ4v) is 2.88. The Labute approximate surface area is 123 Å². The number of nitrogens with zero attached hydrogens (tertiary/aromatic N) is 2. The SMILES string of the molecule is CCC1CCCN(c2ccc(C(=O)O)c([N+](=O)[O-])c2)CC1. The lowest BCUT2D eigenvalue weighted by Gasteiger charge is -2.23. The largest absolute Gasteiger partial charge is 0.477 e. The zero-order chi connectivity index (χ0) is 15.4. The third-order valence-corrected chi connectivity index (χ3v) is 4.20. The van der Waals surface area contributed by atoms with Crippen molar-refractivity contribution in [2.24, 2.45) is 5.92 Å². The third kappa shape index (κ3) is 3.51. The number of hydrogen-bond donors (Lipinski definition) is 1. The van der Waals surface area contributed by atoms with Crippen molar-refractivity contribution in [1.29, 1.82) is 0 Å². The van der Waals surface area contributed by atoms with Crippen molar-refractivity contribution in [3.05, 3.63) is 33.9 Å². The number of nitro groups is 1. The normalized spacial score (nSPS) is 19.1. The Morgan fingerprint density at radius 3 is 2.81 bits per heavy atom. The molecule has 1 N–H and O–H groups in total. The molecule has 2 rings (SSSR count). The predicted molar refractivity (Wildman–Crippen MR) is 79.9 cm³/mol. The lowest BCUT2D eigenvalue weighted by atomic mass is 9.98. The maximum atomic E-state index is 11.1. The highest BCUT2D eigenvalue weighted by molar-refractivity contribution is 5.93. The molecule has 1 aromatic rings. The van der Waals surface area contributed by atoms with Gasteiger partial charge in [0.05, 0.1) is 4.92 Å². The first kappa shape index (κ1) is 15.3. The molecule has 1 atom stereocenters. The minimum atomic E-state index is -1.27. The Morgan fingerprint density at radius 1 is 1.43 bits per heavy atom. The smallest absolute Gasteiger partial charge is 0.342 e. The Kier molecular flexibility index (Phi) is 4.77. The molecule has 1 unspecified atom stereocenters. The number of carboxylic acids is 1. The Bertz CT molecular complexity index is 544. The summed E-state index contributed by atoms with van der Waals surface area (Å²) in [5.41, 5.74) is 0.143. The van der Waals surface area contributed by atoms with Crippen LogP contribution in [0.1, 0.15) is 43.0 Å². The molecule has 0 amide bonds. The second-order valence-corrected chi connectivity index (χ2v) is 5.46. The van der Waals surface area contributed by atoms with Gasteiger partial charge in [-0.3, -0.25) is 10.1 Å². The number of hydrogen-bond acceptors (Lipinski definition) is 4. The number of nitro benzene ring substituents is 1. The van der Waals surface area contributed by atoms with Gasteiger partial charge in [-0.1, -0.05) is 13.3 Å². The first-order valence-electron chi connectivity index (χ1n) is 7.29. The number of carboxylic acid groups (broad SMARTS) is 1. The van der Waals surface area contributed by atoms with E-state index in [9.17, 15) is 14.9 Å². The molecule has 0 aromatic heterocycles. The first-order valence-corrected chi connectivity index (χ1v) is 7.29. The van der Waals surface area contributed by atoms with Crippen LogP contribution in [0, 0.1) is 16.0 Å². The molecule has 21 heavy (non-hydrogen) atoms. The van der Waals surface area contributed by atoms with Gasteiger partial charge < -0.3 is 10.0 Å². The van der Waals surface area contributed by atoms with Crippen molar-refractivity contribution >= 4 is 17.3 Å². The zero-order valence-electron chi connectivity index (χ0n) is 12.1. The fraction of sp³-hybridized carbons (Fsp3) is 0.533. The summed E-state index contributed by atoms with van der Waals surface area (Å²) < 4.78 is 0. The molecule has 0 bridgehead atoms. The summed E-state index contributed by atoms with van der Waals surface area (Å²) in [5, 5.41) is 20.1. The molecule has 0 saturated carbocycles. The van der Waals surface area contributed by atoms with Crippen LogP contribution in [0.3, 0.4) is 0 Å². The van der Waals surface area contributed by atoms with Gasteiger partial charge in [0.1, 0.15) is 5.56 Å². The summed E-state index contributed by atoms with van der Waals surface area (Å²) in [5.74, 6) is -0.557. The van der Waals surface area contributed by atoms with E-state index in [1.807, 2.05) is 0 Å². The lowest BCUT2D eigenvalue weighted by molar-refractivity contribution is -0.385. The third-order valence-electron chi connectivity index (χ3n) is 4.20. The molecule has 0 aliphatic carbocycles. The first-order chi connectivity index (χ1) is 10.0. The number of rotatable bonds is 4. The average molecular weight is 292 g/mol. The van der Waals surface area contributed by atoms with Crippen LogP contribution in [0.15, 0.2) is 18.2 Å². The van der Waals surface area contributed by atoms with Crippen LogP contribution in [0.25, 0.3) is 0 Å². The van der Waals surface area contributed by atoms with Crippen molar-refractivity contribution in [3.63, 3.8) is 0 Å². The van der Waals surface area contributed by atoms with Crippen LogP contribution < -0.4 is 4.90 Å². The Hall–Kier alpha value is -2.11. The van der Waals surface area contributed by atoms with Gasteiger partial charge in [-0.05, 0) is 37.3 Å². The molecular weight excluding hydrogens is 272 g/mol. The summed E-state index contributed by atoms with van der Waals surface area (Å²) in [6.07, 6.45) is 4.48. The summed E-state index contributed by atoms with van der Waals surface area (Å²) in [4.78, 5) is 23.6. The van der Waals surface area contributed by atoms with Crippen LogP contribution >= 0.6 is 0 Å². The minimum Gasteiger partial charge on any atom is -0.477 e. The second kappa shape index (κ2) is 6.56. The van der Waals surface area contributed by atoms with Gasteiger partial charge in [-0.25, -0.2) is 4.79 Å². The van der Waals surface area contributed by atoms with Crippen molar-refractivity contribution in [2.45, 2.75) is 32.6 Å². The van der Waals surface area contributed by atoms with Gasteiger partial charge >= 0.3 is 5.97 Å².